The van der Waals surface area contributed by atoms with Crippen LogP contribution in [0.25, 0.3) is 0 Å². The molecule has 0 atom stereocenters. The molecule has 0 aliphatic heterocycles. The van der Waals surface area contributed by atoms with E-state index in [9.17, 15) is 9.90 Å². The minimum atomic E-state index is -0.995. The summed E-state index contributed by atoms with van der Waals surface area (Å²) >= 11 is 0. The van der Waals surface area contributed by atoms with Crippen LogP contribution in [0.3, 0.4) is 0 Å². The number of carbonyl (C=O) groups is 1. The number of benzene rings is 1. The van der Waals surface area contributed by atoms with Crippen LogP contribution in [0.4, 0.5) is 0 Å². The van der Waals surface area contributed by atoms with Gasteiger partial charge in [-0.15, -0.1) is 0 Å². The molecule has 0 aliphatic carbocycles. The van der Waals surface area contributed by atoms with Crippen molar-refractivity contribution in [1.82, 2.24) is 0 Å². The molecule has 4 heteroatoms. The van der Waals surface area contributed by atoms with Crippen LogP contribution in [0.5, 0.6) is 5.75 Å². The summed E-state index contributed by atoms with van der Waals surface area (Å²) in [7, 11) is 0. The van der Waals surface area contributed by atoms with Crippen LogP contribution in [0, 0.1) is 6.92 Å². The third-order valence-corrected chi connectivity index (χ3v) is 4.18. The van der Waals surface area contributed by atoms with Gasteiger partial charge in [0.05, 0.1) is 6.61 Å². The van der Waals surface area contributed by atoms with Crippen molar-refractivity contribution in [1.29, 1.82) is 0 Å². The fourth-order valence-electron chi connectivity index (χ4n) is 2.74. The Morgan fingerprint density at radius 3 is 2.12 bits per heavy atom. The highest BCUT2D eigenvalue weighted by Gasteiger charge is 2.14. The van der Waals surface area contributed by atoms with Crippen LogP contribution in [0.1, 0.15) is 87.1 Å². The lowest BCUT2D eigenvalue weighted by Gasteiger charge is -2.09. The summed E-state index contributed by atoms with van der Waals surface area (Å²) < 4.78 is 0. The smallest absolute Gasteiger partial charge is 0.339 e. The molecule has 24 heavy (non-hydrogen) atoms. The number of aryl methyl sites for hydroxylation is 1. The molecule has 1 aromatic rings. The SMILES string of the molecule is CCCCCCCCCCCCOOc1cccc(C)c1C(=O)O. The Morgan fingerprint density at radius 2 is 1.54 bits per heavy atom. The van der Waals surface area contributed by atoms with Crippen LogP contribution in [-0.2, 0) is 4.89 Å². The maximum absolute atomic E-state index is 11.2. The van der Waals surface area contributed by atoms with Gasteiger partial charge >= 0.3 is 5.97 Å². The third-order valence-electron chi connectivity index (χ3n) is 4.18. The average molecular weight is 336 g/mol. The van der Waals surface area contributed by atoms with E-state index in [0.717, 1.165) is 12.8 Å². The van der Waals surface area contributed by atoms with E-state index < -0.39 is 5.97 Å². The second-order valence-electron chi connectivity index (χ2n) is 6.34. The molecule has 1 N–H and O–H groups in total. The van der Waals surface area contributed by atoms with Gasteiger partial charge in [-0.05, 0) is 25.0 Å². The minimum Gasteiger partial charge on any atom is -0.478 e. The van der Waals surface area contributed by atoms with E-state index in [4.69, 9.17) is 9.78 Å². The minimum absolute atomic E-state index is 0.167. The lowest BCUT2D eigenvalue weighted by molar-refractivity contribution is -0.207. The summed E-state index contributed by atoms with van der Waals surface area (Å²) in [5.41, 5.74) is 0.836. The fraction of sp³-hybridized carbons (Fsp3) is 0.650. The topological polar surface area (TPSA) is 55.8 Å². The third kappa shape index (κ3) is 8.34. The van der Waals surface area contributed by atoms with Crippen molar-refractivity contribution in [2.75, 3.05) is 6.61 Å². The number of hydrogen-bond donors (Lipinski definition) is 1. The summed E-state index contributed by atoms with van der Waals surface area (Å²) in [5, 5.41) is 9.20. The zero-order valence-electron chi connectivity index (χ0n) is 15.2. The van der Waals surface area contributed by atoms with Gasteiger partial charge in [0.25, 0.3) is 0 Å². The van der Waals surface area contributed by atoms with E-state index in [-0.39, 0.29) is 11.3 Å². The molecule has 0 heterocycles. The standard InChI is InChI=1S/C20H32O4/c1-3-4-5-6-7-8-9-10-11-12-16-23-24-18-15-13-14-17(2)19(18)20(21)22/h13-15H,3-12,16H2,1-2H3,(H,21,22). The van der Waals surface area contributed by atoms with E-state index in [0.29, 0.717) is 12.2 Å². The first-order chi connectivity index (χ1) is 11.7. The predicted molar refractivity (Wildman–Crippen MR) is 96.6 cm³/mol. The van der Waals surface area contributed by atoms with Gasteiger partial charge in [0.15, 0.2) is 5.75 Å². The fourth-order valence-corrected chi connectivity index (χ4v) is 2.74. The Hall–Kier alpha value is -1.55. The van der Waals surface area contributed by atoms with Gasteiger partial charge in [-0.25, -0.2) is 4.79 Å². The molecule has 0 aromatic heterocycles. The largest absolute Gasteiger partial charge is 0.478 e. The van der Waals surface area contributed by atoms with Gasteiger partial charge < -0.3 is 9.99 Å². The highest BCUT2D eigenvalue weighted by molar-refractivity contribution is 5.92. The molecule has 4 nitrogen and oxygen atoms in total. The Balaban J connectivity index is 2.05. The molecule has 0 spiro atoms. The van der Waals surface area contributed by atoms with Crippen molar-refractivity contribution in [2.24, 2.45) is 0 Å². The zero-order chi connectivity index (χ0) is 17.6. The average Bonchev–Trinajstić information content (AvgIpc) is 2.55. The number of carboxylic acid groups (broad SMARTS) is 1. The van der Waals surface area contributed by atoms with Gasteiger partial charge in [-0.2, -0.15) is 4.89 Å². The first-order valence-electron chi connectivity index (χ1n) is 9.29. The van der Waals surface area contributed by atoms with E-state index >= 15 is 0 Å². The highest BCUT2D eigenvalue weighted by atomic mass is 17.2. The van der Waals surface area contributed by atoms with Crippen LogP contribution in [0.15, 0.2) is 18.2 Å². The van der Waals surface area contributed by atoms with Crippen molar-refractivity contribution in [3.05, 3.63) is 29.3 Å². The maximum atomic E-state index is 11.2. The van der Waals surface area contributed by atoms with Gasteiger partial charge in [0, 0.05) is 0 Å². The molecule has 1 rings (SSSR count). The quantitative estimate of drug-likeness (QED) is 0.260. The van der Waals surface area contributed by atoms with Crippen LogP contribution in [0.2, 0.25) is 0 Å². The van der Waals surface area contributed by atoms with Crippen molar-refractivity contribution < 1.29 is 19.7 Å². The maximum Gasteiger partial charge on any atom is 0.339 e. The Kier molecular flexibility index (Phi) is 10.9. The first kappa shape index (κ1) is 20.5. The van der Waals surface area contributed by atoms with Crippen molar-refractivity contribution in [3.8, 4) is 5.75 Å². The second kappa shape index (κ2) is 12.8. The van der Waals surface area contributed by atoms with Crippen molar-refractivity contribution in [2.45, 2.75) is 78.1 Å². The molecule has 0 radical (unpaired) electrons. The Morgan fingerprint density at radius 1 is 0.958 bits per heavy atom. The van der Waals surface area contributed by atoms with Gasteiger partial charge in [-0.3, -0.25) is 0 Å². The predicted octanol–water partition coefficient (Wildman–Crippen LogP) is 5.92. The molecule has 0 aliphatic rings. The first-order valence-corrected chi connectivity index (χ1v) is 9.29. The number of hydrogen-bond acceptors (Lipinski definition) is 3. The Bertz CT molecular complexity index is 471. The van der Waals surface area contributed by atoms with Crippen LogP contribution in [-0.4, -0.2) is 17.7 Å². The normalized spacial score (nSPS) is 10.8. The van der Waals surface area contributed by atoms with Crippen molar-refractivity contribution in [3.63, 3.8) is 0 Å². The molecule has 1 aromatic carbocycles. The molecular weight excluding hydrogens is 304 g/mol. The lowest BCUT2D eigenvalue weighted by atomic mass is 10.1. The molecule has 0 saturated heterocycles. The summed E-state index contributed by atoms with van der Waals surface area (Å²) in [6.07, 6.45) is 12.7. The van der Waals surface area contributed by atoms with Crippen LogP contribution < -0.4 is 4.89 Å². The number of unbranched alkanes of at least 4 members (excludes halogenated alkanes) is 9. The van der Waals surface area contributed by atoms with Gasteiger partial charge in [0.2, 0.25) is 0 Å². The van der Waals surface area contributed by atoms with E-state index in [1.807, 2.05) is 0 Å². The molecule has 0 unspecified atom stereocenters. The lowest BCUT2D eigenvalue weighted by Crippen LogP contribution is -2.07. The molecule has 0 amide bonds. The van der Waals surface area contributed by atoms with Crippen LogP contribution >= 0.6 is 0 Å². The van der Waals surface area contributed by atoms with Gasteiger partial charge in [-0.1, -0.05) is 76.8 Å². The summed E-state index contributed by atoms with van der Waals surface area (Å²) in [6.45, 7) is 4.48. The molecular formula is C20H32O4. The monoisotopic (exact) mass is 336 g/mol. The second-order valence-corrected chi connectivity index (χ2v) is 6.34. The number of carboxylic acids is 1. The summed E-state index contributed by atoms with van der Waals surface area (Å²) in [5.74, 6) is -0.722. The number of rotatable bonds is 14. The summed E-state index contributed by atoms with van der Waals surface area (Å²) in [4.78, 5) is 21.6. The van der Waals surface area contributed by atoms with E-state index in [1.54, 1.807) is 25.1 Å². The van der Waals surface area contributed by atoms with Gasteiger partial charge in [0.1, 0.15) is 5.56 Å². The molecule has 136 valence electrons. The van der Waals surface area contributed by atoms with Crippen molar-refractivity contribution >= 4 is 5.97 Å². The van der Waals surface area contributed by atoms with E-state index in [1.165, 1.54) is 51.4 Å². The molecule has 0 saturated carbocycles. The number of aromatic carboxylic acids is 1. The molecule has 0 fully saturated rings. The zero-order valence-corrected chi connectivity index (χ0v) is 15.2. The Labute approximate surface area is 146 Å². The highest BCUT2D eigenvalue weighted by Crippen LogP contribution is 2.22. The molecule has 0 bridgehead atoms. The summed E-state index contributed by atoms with van der Waals surface area (Å²) in [6, 6.07) is 5.13. The van der Waals surface area contributed by atoms with E-state index in [2.05, 4.69) is 6.92 Å².